The number of nitrogens with zero attached hydrogens (tertiary/aromatic N) is 1. The van der Waals surface area contributed by atoms with Crippen LogP contribution >= 0.6 is 0 Å². The van der Waals surface area contributed by atoms with E-state index in [0.29, 0.717) is 0 Å². The maximum Gasteiger partial charge on any atom is 0.0927 e. The molecule has 0 aliphatic heterocycles. The summed E-state index contributed by atoms with van der Waals surface area (Å²) < 4.78 is 0. The van der Waals surface area contributed by atoms with E-state index in [9.17, 15) is 0 Å². The quantitative estimate of drug-likeness (QED) is 0.790. The lowest BCUT2D eigenvalue weighted by molar-refractivity contribution is 0.640. The molecule has 1 N–H and O–H groups in total. The summed E-state index contributed by atoms with van der Waals surface area (Å²) >= 11 is 0. The fourth-order valence-electron chi connectivity index (χ4n) is 1.30. The van der Waals surface area contributed by atoms with Gasteiger partial charge in [0.2, 0.25) is 0 Å². The second kappa shape index (κ2) is 4.78. The van der Waals surface area contributed by atoms with Crippen LogP contribution in [-0.4, -0.2) is 6.04 Å². The lowest BCUT2D eigenvalue weighted by atomic mass is 10.1. The van der Waals surface area contributed by atoms with E-state index in [0.717, 1.165) is 6.54 Å². The zero-order valence-electron chi connectivity index (χ0n) is 8.96. The summed E-state index contributed by atoms with van der Waals surface area (Å²) in [5.74, 6) is 0. The van der Waals surface area contributed by atoms with Gasteiger partial charge in [0, 0.05) is 6.54 Å². The van der Waals surface area contributed by atoms with Crippen LogP contribution in [0.1, 0.15) is 23.6 Å². The summed E-state index contributed by atoms with van der Waals surface area (Å²) in [4.78, 5) is 0. The molecule has 0 fully saturated rings. The number of nitrogens with one attached hydrogen (secondary N) is 1. The molecule has 2 nitrogen and oxygen atoms in total. The first-order valence-electron chi connectivity index (χ1n) is 4.82. The fourth-order valence-corrected chi connectivity index (χ4v) is 1.30. The summed E-state index contributed by atoms with van der Waals surface area (Å²) in [6.07, 6.45) is 0. The molecule has 0 bridgehead atoms. The third-order valence-corrected chi connectivity index (χ3v) is 2.30. The topological polar surface area (TPSA) is 35.8 Å². The first-order chi connectivity index (χ1) is 6.63. The average Bonchev–Trinajstić information content (AvgIpc) is 2.19. The molecule has 74 valence electrons. The minimum Gasteiger partial charge on any atom is -0.298 e. The lowest BCUT2D eigenvalue weighted by Crippen LogP contribution is -2.23. The highest BCUT2D eigenvalue weighted by atomic mass is 14.9. The van der Waals surface area contributed by atoms with Crippen LogP contribution < -0.4 is 5.32 Å². The molecule has 0 heterocycles. The summed E-state index contributed by atoms with van der Waals surface area (Å²) in [7, 11) is 0. The van der Waals surface area contributed by atoms with Crippen LogP contribution in [0.25, 0.3) is 0 Å². The normalized spacial score (nSPS) is 12.1. The van der Waals surface area contributed by atoms with Gasteiger partial charge in [0.05, 0.1) is 12.1 Å². The van der Waals surface area contributed by atoms with Crippen molar-refractivity contribution in [3.63, 3.8) is 0 Å². The molecule has 14 heavy (non-hydrogen) atoms. The highest BCUT2D eigenvalue weighted by Crippen LogP contribution is 2.10. The van der Waals surface area contributed by atoms with Crippen LogP contribution in [0.2, 0.25) is 0 Å². The van der Waals surface area contributed by atoms with Crippen LogP contribution in [-0.2, 0) is 6.54 Å². The van der Waals surface area contributed by atoms with Crippen LogP contribution in [0, 0.1) is 25.2 Å². The van der Waals surface area contributed by atoms with Gasteiger partial charge in [0.25, 0.3) is 0 Å². The van der Waals surface area contributed by atoms with Crippen LogP contribution in [0.15, 0.2) is 18.2 Å². The standard InChI is InChI=1S/C12H16N2/c1-9-4-5-10(2)12(6-9)8-14-11(3)7-13/h4-6,11,14H,8H2,1-3H3. The minimum atomic E-state index is -0.0880. The molecule has 1 unspecified atom stereocenters. The van der Waals surface area contributed by atoms with Crippen molar-refractivity contribution >= 4 is 0 Å². The molecular weight excluding hydrogens is 172 g/mol. The molecule has 1 aromatic rings. The van der Waals surface area contributed by atoms with Gasteiger partial charge >= 0.3 is 0 Å². The third kappa shape index (κ3) is 2.86. The summed E-state index contributed by atoms with van der Waals surface area (Å²) in [5, 5.41) is 11.8. The van der Waals surface area contributed by atoms with E-state index in [1.54, 1.807) is 0 Å². The molecule has 1 atom stereocenters. The van der Waals surface area contributed by atoms with Crippen molar-refractivity contribution in [2.75, 3.05) is 0 Å². The highest BCUT2D eigenvalue weighted by molar-refractivity contribution is 5.30. The summed E-state index contributed by atoms with van der Waals surface area (Å²) in [6.45, 7) is 6.80. The number of aryl methyl sites for hydroxylation is 2. The van der Waals surface area contributed by atoms with Gasteiger partial charge in [-0.2, -0.15) is 5.26 Å². The van der Waals surface area contributed by atoms with E-state index in [-0.39, 0.29) is 6.04 Å². The van der Waals surface area contributed by atoms with Crippen molar-refractivity contribution in [3.05, 3.63) is 34.9 Å². The number of rotatable bonds is 3. The predicted octanol–water partition coefficient (Wildman–Crippen LogP) is 2.31. The van der Waals surface area contributed by atoms with Crippen molar-refractivity contribution in [2.24, 2.45) is 0 Å². The molecule has 1 aromatic carbocycles. The van der Waals surface area contributed by atoms with Gasteiger partial charge in [-0.3, -0.25) is 5.32 Å². The first-order valence-corrected chi connectivity index (χ1v) is 4.82. The van der Waals surface area contributed by atoms with Gasteiger partial charge < -0.3 is 0 Å². The van der Waals surface area contributed by atoms with Gasteiger partial charge in [0.1, 0.15) is 0 Å². The van der Waals surface area contributed by atoms with E-state index in [2.05, 4.69) is 43.4 Å². The van der Waals surface area contributed by atoms with Gasteiger partial charge in [-0.1, -0.05) is 23.8 Å². The van der Waals surface area contributed by atoms with Crippen molar-refractivity contribution in [1.82, 2.24) is 5.32 Å². The predicted molar refractivity (Wildman–Crippen MR) is 57.8 cm³/mol. The number of hydrogen-bond acceptors (Lipinski definition) is 2. The summed E-state index contributed by atoms with van der Waals surface area (Å²) in [5.41, 5.74) is 3.80. The molecule has 0 saturated heterocycles. The molecule has 0 saturated carbocycles. The SMILES string of the molecule is Cc1ccc(C)c(CNC(C)C#N)c1. The van der Waals surface area contributed by atoms with E-state index < -0.39 is 0 Å². The smallest absolute Gasteiger partial charge is 0.0927 e. The maximum absolute atomic E-state index is 8.62. The van der Waals surface area contributed by atoms with E-state index in [4.69, 9.17) is 5.26 Å². The Kier molecular flexibility index (Phi) is 3.67. The Hall–Kier alpha value is -1.33. The van der Waals surface area contributed by atoms with Gasteiger partial charge in [0.15, 0.2) is 0 Å². The van der Waals surface area contributed by atoms with Crippen molar-refractivity contribution in [3.8, 4) is 6.07 Å². The van der Waals surface area contributed by atoms with Crippen molar-refractivity contribution in [1.29, 1.82) is 5.26 Å². The number of benzene rings is 1. The van der Waals surface area contributed by atoms with E-state index in [1.807, 2.05) is 6.92 Å². The van der Waals surface area contributed by atoms with Crippen LogP contribution in [0.4, 0.5) is 0 Å². The molecule has 1 rings (SSSR count). The molecule has 0 radical (unpaired) electrons. The Morgan fingerprint density at radius 1 is 1.43 bits per heavy atom. The highest BCUT2D eigenvalue weighted by Gasteiger charge is 2.01. The Morgan fingerprint density at radius 3 is 2.79 bits per heavy atom. The molecular formula is C12H16N2. The van der Waals surface area contributed by atoms with Crippen LogP contribution in [0.3, 0.4) is 0 Å². The molecule has 2 heteroatoms. The monoisotopic (exact) mass is 188 g/mol. The van der Waals surface area contributed by atoms with Gasteiger partial charge in [-0.25, -0.2) is 0 Å². The molecule has 0 aliphatic rings. The molecule has 0 aromatic heterocycles. The number of nitriles is 1. The van der Waals surface area contributed by atoms with Crippen molar-refractivity contribution in [2.45, 2.75) is 33.4 Å². The Bertz CT molecular complexity index is 350. The second-order valence-corrected chi connectivity index (χ2v) is 3.66. The van der Waals surface area contributed by atoms with Gasteiger partial charge in [-0.05, 0) is 31.9 Å². The Labute approximate surface area is 85.6 Å². The Morgan fingerprint density at radius 2 is 2.14 bits per heavy atom. The second-order valence-electron chi connectivity index (χ2n) is 3.66. The fraction of sp³-hybridized carbons (Fsp3) is 0.417. The Balaban J connectivity index is 2.67. The van der Waals surface area contributed by atoms with Gasteiger partial charge in [-0.15, -0.1) is 0 Å². The van der Waals surface area contributed by atoms with E-state index >= 15 is 0 Å². The third-order valence-electron chi connectivity index (χ3n) is 2.30. The largest absolute Gasteiger partial charge is 0.298 e. The van der Waals surface area contributed by atoms with E-state index in [1.165, 1.54) is 16.7 Å². The zero-order valence-corrected chi connectivity index (χ0v) is 8.96. The van der Waals surface area contributed by atoms with Crippen LogP contribution in [0.5, 0.6) is 0 Å². The zero-order chi connectivity index (χ0) is 10.6. The maximum atomic E-state index is 8.62. The number of hydrogen-bond donors (Lipinski definition) is 1. The molecule has 0 amide bonds. The van der Waals surface area contributed by atoms with Crippen molar-refractivity contribution < 1.29 is 0 Å². The molecule has 0 aliphatic carbocycles. The summed E-state index contributed by atoms with van der Waals surface area (Å²) in [6, 6.07) is 8.45. The lowest BCUT2D eigenvalue weighted by Gasteiger charge is -2.09. The first kappa shape index (κ1) is 10.7. The average molecular weight is 188 g/mol. The minimum absolute atomic E-state index is 0.0880. The molecule has 0 spiro atoms.